The predicted octanol–water partition coefficient (Wildman–Crippen LogP) is 5.91. The second-order valence-corrected chi connectivity index (χ2v) is 10.9. The lowest BCUT2D eigenvalue weighted by atomic mass is 9.85. The van der Waals surface area contributed by atoms with Gasteiger partial charge in [-0.2, -0.15) is 11.8 Å². The number of likely N-dealkylation sites (tertiary alicyclic amines) is 1. The minimum absolute atomic E-state index is 0.344. The van der Waals surface area contributed by atoms with Crippen LogP contribution in [0.1, 0.15) is 56.9 Å². The summed E-state index contributed by atoms with van der Waals surface area (Å²) in [5.41, 5.74) is 0.617. The summed E-state index contributed by atoms with van der Waals surface area (Å²) in [6.45, 7) is 2.71. The van der Waals surface area contributed by atoms with Gasteiger partial charge in [0, 0.05) is 48.9 Å². The molecule has 1 N–H and O–H groups in total. The van der Waals surface area contributed by atoms with Crippen molar-refractivity contribution < 1.29 is 23.8 Å². The molecule has 186 valence electrons. The van der Waals surface area contributed by atoms with Gasteiger partial charge in [0.25, 0.3) is 0 Å². The lowest BCUT2D eigenvalue weighted by Crippen LogP contribution is -2.47. The summed E-state index contributed by atoms with van der Waals surface area (Å²) >= 11 is 2.09. The SMILES string of the molecule is COc1ccc2ncc(F)c(CCCC3(OC(=O)O)CCN(CCSC4CCCC4)CC3)c2c1. The van der Waals surface area contributed by atoms with E-state index in [1.807, 2.05) is 18.2 Å². The maximum Gasteiger partial charge on any atom is 0.506 e. The average molecular weight is 491 g/mol. The van der Waals surface area contributed by atoms with Gasteiger partial charge in [-0.15, -0.1) is 0 Å². The normalized spacial score (nSPS) is 18.9. The zero-order valence-electron chi connectivity index (χ0n) is 19.9. The summed E-state index contributed by atoms with van der Waals surface area (Å²) in [5, 5.41) is 11.0. The summed E-state index contributed by atoms with van der Waals surface area (Å²) in [7, 11) is 1.58. The quantitative estimate of drug-likeness (QED) is 0.415. The van der Waals surface area contributed by atoms with E-state index in [9.17, 15) is 14.3 Å². The number of nitrogens with zero attached hydrogens (tertiary/aromatic N) is 2. The van der Waals surface area contributed by atoms with Crippen LogP contribution in [0.4, 0.5) is 9.18 Å². The molecule has 1 aromatic heterocycles. The number of aromatic nitrogens is 1. The van der Waals surface area contributed by atoms with Crippen LogP contribution in [-0.2, 0) is 11.2 Å². The Balaban J connectivity index is 1.34. The Hall–Kier alpha value is -2.06. The van der Waals surface area contributed by atoms with Crippen LogP contribution in [0.25, 0.3) is 10.9 Å². The highest BCUT2D eigenvalue weighted by Gasteiger charge is 2.38. The monoisotopic (exact) mass is 490 g/mol. The van der Waals surface area contributed by atoms with E-state index in [0.29, 0.717) is 43.4 Å². The molecule has 4 rings (SSSR count). The number of hydrogen-bond acceptors (Lipinski definition) is 6. The minimum atomic E-state index is -1.23. The fourth-order valence-corrected chi connectivity index (χ4v) is 6.71. The smallest absolute Gasteiger partial charge is 0.497 e. The van der Waals surface area contributed by atoms with E-state index in [-0.39, 0.29) is 5.82 Å². The minimum Gasteiger partial charge on any atom is -0.497 e. The van der Waals surface area contributed by atoms with E-state index in [4.69, 9.17) is 9.47 Å². The van der Waals surface area contributed by atoms with Crippen molar-refractivity contribution in [1.29, 1.82) is 0 Å². The largest absolute Gasteiger partial charge is 0.506 e. The van der Waals surface area contributed by atoms with Crippen LogP contribution < -0.4 is 4.74 Å². The first-order chi connectivity index (χ1) is 16.5. The van der Waals surface area contributed by atoms with Gasteiger partial charge < -0.3 is 19.5 Å². The van der Waals surface area contributed by atoms with Gasteiger partial charge in [-0.3, -0.25) is 4.98 Å². The molecule has 1 saturated carbocycles. The number of fused-ring (bicyclic) bond motifs is 1. The molecule has 1 aliphatic carbocycles. The summed E-state index contributed by atoms with van der Waals surface area (Å²) in [4.78, 5) is 18.1. The second-order valence-electron chi connectivity index (χ2n) is 9.49. The predicted molar refractivity (Wildman–Crippen MR) is 133 cm³/mol. The molecule has 1 aliphatic heterocycles. The van der Waals surface area contributed by atoms with Gasteiger partial charge in [0.1, 0.15) is 17.2 Å². The highest BCUT2D eigenvalue weighted by Crippen LogP contribution is 2.34. The van der Waals surface area contributed by atoms with E-state index in [1.165, 1.54) is 31.9 Å². The number of thioether (sulfide) groups is 1. The molecule has 34 heavy (non-hydrogen) atoms. The molecule has 0 bridgehead atoms. The molecule has 2 aliphatic rings. The Kier molecular flexibility index (Phi) is 8.53. The zero-order chi connectivity index (χ0) is 24.0. The molecule has 8 heteroatoms. The molecule has 1 saturated heterocycles. The number of pyridine rings is 1. The summed E-state index contributed by atoms with van der Waals surface area (Å²) in [6, 6.07) is 5.45. The molecule has 0 radical (unpaired) electrons. The average Bonchev–Trinajstić information content (AvgIpc) is 3.35. The molecule has 1 aromatic carbocycles. The molecule has 6 nitrogen and oxygen atoms in total. The van der Waals surface area contributed by atoms with Gasteiger partial charge in [0.05, 0.1) is 18.8 Å². The van der Waals surface area contributed by atoms with Crippen molar-refractivity contribution >= 4 is 28.8 Å². The van der Waals surface area contributed by atoms with Crippen molar-refractivity contribution in [2.45, 2.75) is 68.6 Å². The Labute approximate surface area is 205 Å². The Bertz CT molecular complexity index is 975. The van der Waals surface area contributed by atoms with Gasteiger partial charge in [0.15, 0.2) is 0 Å². The van der Waals surface area contributed by atoms with Crippen LogP contribution >= 0.6 is 11.8 Å². The van der Waals surface area contributed by atoms with Crippen molar-refractivity contribution in [1.82, 2.24) is 9.88 Å². The van der Waals surface area contributed by atoms with Crippen LogP contribution in [0.2, 0.25) is 0 Å². The third-order valence-corrected chi connectivity index (χ3v) is 8.69. The van der Waals surface area contributed by atoms with Gasteiger partial charge in [-0.25, -0.2) is 9.18 Å². The van der Waals surface area contributed by atoms with Gasteiger partial charge in [-0.1, -0.05) is 12.8 Å². The van der Waals surface area contributed by atoms with E-state index in [2.05, 4.69) is 21.6 Å². The first-order valence-corrected chi connectivity index (χ1v) is 13.4. The number of methoxy groups -OCH3 is 1. The molecule has 2 heterocycles. The number of carboxylic acid groups (broad SMARTS) is 1. The molecular weight excluding hydrogens is 455 g/mol. The standard InChI is InChI=1S/C26H35FN2O4S/c1-32-19-8-9-24-22(17-19)21(23(27)18-28-24)7-4-10-26(33-25(30)31)11-13-29(14-12-26)15-16-34-20-5-2-3-6-20/h8-9,17-18,20H,2-7,10-16H2,1H3,(H,30,31). The molecule has 2 aromatic rings. The van der Waals surface area contributed by atoms with Crippen LogP contribution in [0, 0.1) is 5.82 Å². The maximum atomic E-state index is 14.7. The Morgan fingerprint density at radius 1 is 1.29 bits per heavy atom. The summed E-state index contributed by atoms with van der Waals surface area (Å²) in [6.07, 6.45) is 8.53. The number of rotatable bonds is 10. The Morgan fingerprint density at radius 2 is 2.06 bits per heavy atom. The highest BCUT2D eigenvalue weighted by molar-refractivity contribution is 7.99. The van der Waals surface area contributed by atoms with E-state index in [1.54, 1.807) is 7.11 Å². The second kappa shape index (κ2) is 11.6. The van der Waals surface area contributed by atoms with Crippen LogP contribution in [0.3, 0.4) is 0 Å². The van der Waals surface area contributed by atoms with E-state index >= 15 is 0 Å². The Morgan fingerprint density at radius 3 is 2.76 bits per heavy atom. The van der Waals surface area contributed by atoms with Gasteiger partial charge in [0.2, 0.25) is 0 Å². The van der Waals surface area contributed by atoms with Gasteiger partial charge >= 0.3 is 6.16 Å². The third kappa shape index (κ3) is 6.33. The van der Waals surface area contributed by atoms with E-state index in [0.717, 1.165) is 41.5 Å². The van der Waals surface area contributed by atoms with Gasteiger partial charge in [-0.05, 0) is 55.9 Å². The summed E-state index contributed by atoms with van der Waals surface area (Å²) in [5.74, 6) is 1.45. The molecule has 0 spiro atoms. The first kappa shape index (κ1) is 25.0. The van der Waals surface area contributed by atoms with Crippen molar-refractivity contribution in [3.8, 4) is 5.75 Å². The van der Waals surface area contributed by atoms with Crippen LogP contribution in [-0.4, -0.2) is 64.5 Å². The third-order valence-electron chi connectivity index (χ3n) is 7.33. The number of halogens is 1. The molecule has 0 atom stereocenters. The van der Waals surface area contributed by atoms with Crippen molar-refractivity contribution in [2.24, 2.45) is 0 Å². The van der Waals surface area contributed by atoms with Crippen molar-refractivity contribution in [3.63, 3.8) is 0 Å². The fraction of sp³-hybridized carbons (Fsp3) is 0.615. The van der Waals surface area contributed by atoms with Crippen LogP contribution in [0.15, 0.2) is 24.4 Å². The number of carbonyl (C=O) groups is 1. The lowest BCUT2D eigenvalue weighted by molar-refractivity contribution is -0.0612. The zero-order valence-corrected chi connectivity index (χ0v) is 20.7. The number of ether oxygens (including phenoxy) is 2. The van der Waals surface area contributed by atoms with Crippen molar-refractivity contribution in [2.75, 3.05) is 32.5 Å². The molecule has 0 unspecified atom stereocenters. The molecule has 0 amide bonds. The number of hydrogen-bond donors (Lipinski definition) is 1. The topological polar surface area (TPSA) is 71.9 Å². The molecular formula is C26H35FN2O4S. The summed E-state index contributed by atoms with van der Waals surface area (Å²) < 4.78 is 25.4. The lowest BCUT2D eigenvalue weighted by Gasteiger charge is -2.40. The van der Waals surface area contributed by atoms with Crippen molar-refractivity contribution in [3.05, 3.63) is 35.8 Å². The highest BCUT2D eigenvalue weighted by atomic mass is 32.2. The number of benzene rings is 1. The number of aryl methyl sites for hydroxylation is 1. The molecule has 2 fully saturated rings. The van der Waals surface area contributed by atoms with Crippen LogP contribution in [0.5, 0.6) is 5.75 Å². The first-order valence-electron chi connectivity index (χ1n) is 12.3. The number of piperidine rings is 1. The van der Waals surface area contributed by atoms with E-state index < -0.39 is 11.8 Å². The maximum absolute atomic E-state index is 14.7. The fourth-order valence-electron chi connectivity index (χ4n) is 5.35.